The number of nitrogens with zero attached hydrogens (tertiary/aromatic N) is 1. The van der Waals surface area contributed by atoms with Gasteiger partial charge in [-0.25, -0.2) is 0 Å². The first kappa shape index (κ1) is 12.8. The summed E-state index contributed by atoms with van der Waals surface area (Å²) in [5.41, 5.74) is 8.57. The van der Waals surface area contributed by atoms with Crippen molar-refractivity contribution < 1.29 is 0 Å². The van der Waals surface area contributed by atoms with Crippen LogP contribution in [-0.2, 0) is 6.54 Å². The molecule has 0 radical (unpaired) electrons. The highest BCUT2D eigenvalue weighted by atomic mass is 32.2. The lowest BCUT2D eigenvalue weighted by Gasteiger charge is -2.23. The van der Waals surface area contributed by atoms with E-state index in [0.717, 1.165) is 24.9 Å². The molecule has 0 bridgehead atoms. The molecule has 0 aromatic heterocycles. The van der Waals surface area contributed by atoms with Gasteiger partial charge in [0, 0.05) is 35.8 Å². The Morgan fingerprint density at radius 2 is 1.94 bits per heavy atom. The summed E-state index contributed by atoms with van der Waals surface area (Å²) in [6, 6.07) is 6.53. The highest BCUT2D eigenvalue weighted by Crippen LogP contribution is 2.34. The molecule has 94 valence electrons. The largest absolute Gasteiger partial charge is 0.371 e. The van der Waals surface area contributed by atoms with Crippen molar-refractivity contribution in [3.05, 3.63) is 23.8 Å². The summed E-state index contributed by atoms with van der Waals surface area (Å²) in [5, 5.41) is 0. The quantitative estimate of drug-likeness (QED) is 0.836. The van der Waals surface area contributed by atoms with E-state index in [1.807, 2.05) is 0 Å². The molecule has 2 N–H and O–H groups in total. The smallest absolute Gasteiger partial charge is 0.0423 e. The summed E-state index contributed by atoms with van der Waals surface area (Å²) in [5.74, 6) is 1.55. The monoisotopic (exact) mass is 250 g/mol. The lowest BCUT2D eigenvalue weighted by atomic mass is 10.0. The van der Waals surface area contributed by atoms with E-state index in [-0.39, 0.29) is 0 Å². The maximum Gasteiger partial charge on any atom is 0.0423 e. The van der Waals surface area contributed by atoms with E-state index in [2.05, 4.69) is 43.2 Å². The van der Waals surface area contributed by atoms with E-state index in [1.54, 1.807) is 11.8 Å². The first-order valence-corrected chi connectivity index (χ1v) is 7.50. The Balaban J connectivity index is 2.32. The van der Waals surface area contributed by atoms with E-state index >= 15 is 0 Å². The molecule has 1 fully saturated rings. The van der Waals surface area contributed by atoms with Gasteiger partial charge in [0.25, 0.3) is 0 Å². The van der Waals surface area contributed by atoms with Crippen LogP contribution in [0.1, 0.15) is 19.4 Å². The summed E-state index contributed by atoms with van der Waals surface area (Å²) >= 11 is 1.79. The van der Waals surface area contributed by atoms with Crippen molar-refractivity contribution in [1.29, 1.82) is 0 Å². The summed E-state index contributed by atoms with van der Waals surface area (Å²) in [7, 11) is 0. The van der Waals surface area contributed by atoms with Crippen molar-refractivity contribution in [2.75, 3.05) is 24.2 Å². The molecule has 2 nitrogen and oxygen atoms in total. The molecule has 2 atom stereocenters. The highest BCUT2D eigenvalue weighted by molar-refractivity contribution is 7.98. The van der Waals surface area contributed by atoms with Gasteiger partial charge < -0.3 is 10.6 Å². The Kier molecular flexibility index (Phi) is 4.00. The van der Waals surface area contributed by atoms with Crippen LogP contribution in [0.2, 0.25) is 0 Å². The van der Waals surface area contributed by atoms with Crippen LogP contribution in [0.5, 0.6) is 0 Å². The Morgan fingerprint density at radius 3 is 2.47 bits per heavy atom. The zero-order valence-corrected chi connectivity index (χ0v) is 11.8. The lowest BCUT2D eigenvalue weighted by Crippen LogP contribution is -2.22. The van der Waals surface area contributed by atoms with Gasteiger partial charge >= 0.3 is 0 Å². The summed E-state index contributed by atoms with van der Waals surface area (Å²) in [6.07, 6.45) is 2.12. The molecular formula is C14H22N2S. The Labute approximate surface area is 109 Å². The van der Waals surface area contributed by atoms with E-state index in [9.17, 15) is 0 Å². The maximum atomic E-state index is 5.92. The second-order valence-electron chi connectivity index (χ2n) is 5.02. The summed E-state index contributed by atoms with van der Waals surface area (Å²) in [4.78, 5) is 3.81. The van der Waals surface area contributed by atoms with Crippen LogP contribution in [0.4, 0.5) is 5.69 Å². The highest BCUT2D eigenvalue weighted by Gasteiger charge is 2.27. The number of hydrogen-bond donors (Lipinski definition) is 1. The predicted molar refractivity (Wildman–Crippen MR) is 76.7 cm³/mol. The number of benzene rings is 1. The van der Waals surface area contributed by atoms with Gasteiger partial charge in [0.05, 0.1) is 0 Å². The number of rotatable bonds is 3. The topological polar surface area (TPSA) is 29.3 Å². The molecule has 3 heteroatoms. The van der Waals surface area contributed by atoms with E-state index in [0.29, 0.717) is 6.54 Å². The fraction of sp³-hybridized carbons (Fsp3) is 0.571. The van der Waals surface area contributed by atoms with Gasteiger partial charge in [-0.1, -0.05) is 19.9 Å². The molecule has 2 rings (SSSR count). The third-order valence-corrected chi connectivity index (χ3v) is 4.68. The van der Waals surface area contributed by atoms with Gasteiger partial charge in [-0.05, 0) is 30.2 Å². The van der Waals surface area contributed by atoms with Gasteiger partial charge in [-0.2, -0.15) is 0 Å². The Bertz CT molecular complexity index is 382. The van der Waals surface area contributed by atoms with Crippen LogP contribution in [0.15, 0.2) is 23.1 Å². The van der Waals surface area contributed by atoms with Crippen LogP contribution < -0.4 is 10.6 Å². The fourth-order valence-corrected chi connectivity index (χ4v) is 3.22. The van der Waals surface area contributed by atoms with Crippen LogP contribution in [0.3, 0.4) is 0 Å². The summed E-state index contributed by atoms with van der Waals surface area (Å²) in [6.45, 7) is 7.63. The fourth-order valence-electron chi connectivity index (χ4n) is 2.57. The molecule has 1 saturated heterocycles. The third kappa shape index (κ3) is 2.45. The van der Waals surface area contributed by atoms with Crippen molar-refractivity contribution in [2.24, 2.45) is 17.6 Å². The van der Waals surface area contributed by atoms with Crippen molar-refractivity contribution in [3.63, 3.8) is 0 Å². The van der Waals surface area contributed by atoms with Gasteiger partial charge in [-0.3, -0.25) is 0 Å². The minimum atomic E-state index is 0.631. The van der Waals surface area contributed by atoms with Crippen molar-refractivity contribution in [2.45, 2.75) is 25.3 Å². The lowest BCUT2D eigenvalue weighted by molar-refractivity contribution is 0.494. The van der Waals surface area contributed by atoms with Crippen LogP contribution >= 0.6 is 11.8 Å². The first-order chi connectivity index (χ1) is 8.17. The molecule has 0 aliphatic carbocycles. The molecule has 0 amide bonds. The van der Waals surface area contributed by atoms with Crippen LogP contribution in [-0.4, -0.2) is 19.3 Å². The van der Waals surface area contributed by atoms with Gasteiger partial charge in [0.1, 0.15) is 0 Å². The second kappa shape index (κ2) is 5.32. The second-order valence-corrected chi connectivity index (χ2v) is 5.87. The number of hydrogen-bond acceptors (Lipinski definition) is 3. The van der Waals surface area contributed by atoms with Gasteiger partial charge in [-0.15, -0.1) is 11.8 Å². The van der Waals surface area contributed by atoms with Crippen molar-refractivity contribution in [3.8, 4) is 0 Å². The minimum absolute atomic E-state index is 0.631. The van der Waals surface area contributed by atoms with Crippen LogP contribution in [0.25, 0.3) is 0 Å². The molecule has 1 aromatic rings. The molecule has 1 aliphatic heterocycles. The standard InChI is InChI=1S/C14H22N2S/c1-10-8-16(9-11(10)2)13-5-4-6-14(17-3)12(13)7-15/h4-6,10-11H,7-9,15H2,1-3H3. The molecule has 1 heterocycles. The zero-order valence-electron chi connectivity index (χ0n) is 10.9. The van der Waals surface area contributed by atoms with Crippen molar-refractivity contribution in [1.82, 2.24) is 0 Å². The maximum absolute atomic E-state index is 5.92. The van der Waals surface area contributed by atoms with E-state index in [4.69, 9.17) is 5.73 Å². The Morgan fingerprint density at radius 1 is 1.29 bits per heavy atom. The normalized spacial score (nSPS) is 24.4. The first-order valence-electron chi connectivity index (χ1n) is 6.28. The van der Waals surface area contributed by atoms with Crippen molar-refractivity contribution >= 4 is 17.4 Å². The minimum Gasteiger partial charge on any atom is -0.371 e. The van der Waals surface area contributed by atoms with Gasteiger partial charge in [0.2, 0.25) is 0 Å². The molecule has 2 unspecified atom stereocenters. The van der Waals surface area contributed by atoms with Crippen LogP contribution in [0, 0.1) is 11.8 Å². The molecular weight excluding hydrogens is 228 g/mol. The predicted octanol–water partition coefficient (Wildman–Crippen LogP) is 2.96. The average molecular weight is 250 g/mol. The van der Waals surface area contributed by atoms with E-state index < -0.39 is 0 Å². The SMILES string of the molecule is CSc1cccc(N2CC(C)C(C)C2)c1CN. The number of nitrogens with two attached hydrogens (primary N) is 1. The zero-order chi connectivity index (χ0) is 12.4. The Hall–Kier alpha value is -0.670. The molecule has 0 spiro atoms. The average Bonchev–Trinajstić information content (AvgIpc) is 2.68. The van der Waals surface area contributed by atoms with Gasteiger partial charge in [0.15, 0.2) is 0 Å². The summed E-state index contributed by atoms with van der Waals surface area (Å²) < 4.78 is 0. The molecule has 17 heavy (non-hydrogen) atoms. The number of anilines is 1. The molecule has 1 aromatic carbocycles. The number of thioether (sulfide) groups is 1. The third-order valence-electron chi connectivity index (χ3n) is 3.86. The molecule has 0 saturated carbocycles. The van der Waals surface area contributed by atoms with E-state index in [1.165, 1.54) is 16.1 Å². The molecule has 1 aliphatic rings.